The van der Waals surface area contributed by atoms with E-state index in [1.807, 2.05) is 26.8 Å². The van der Waals surface area contributed by atoms with Crippen molar-refractivity contribution in [2.45, 2.75) is 38.8 Å². The summed E-state index contributed by atoms with van der Waals surface area (Å²) in [6, 6.07) is 12.8. The van der Waals surface area contributed by atoms with Gasteiger partial charge in [0.2, 0.25) is 10.0 Å². The van der Waals surface area contributed by atoms with Crippen LogP contribution in [0.15, 0.2) is 52.4 Å². The van der Waals surface area contributed by atoms with Gasteiger partial charge in [-0.15, -0.1) is 24.0 Å². The number of hydrogen-bond donors (Lipinski definition) is 3. The number of aryl methyl sites for hydroxylation is 1. The smallest absolute Gasteiger partial charge is 0.240 e. The average molecular weight is 546 g/mol. The van der Waals surface area contributed by atoms with Gasteiger partial charge in [-0.25, -0.2) is 18.1 Å². The predicted octanol–water partition coefficient (Wildman–Crippen LogP) is 3.18. The number of halogens is 1. The summed E-state index contributed by atoms with van der Waals surface area (Å²) in [4.78, 5) is 4.83. The van der Waals surface area contributed by atoms with Gasteiger partial charge in [0.25, 0.3) is 0 Å². The van der Waals surface area contributed by atoms with Crippen molar-refractivity contribution in [3.63, 3.8) is 0 Å². The molecule has 2 rings (SSSR count). The van der Waals surface area contributed by atoms with E-state index in [1.165, 1.54) is 7.05 Å². The molecule has 0 spiro atoms. The Morgan fingerprint density at radius 3 is 2.37 bits per heavy atom. The van der Waals surface area contributed by atoms with Crippen molar-refractivity contribution in [1.82, 2.24) is 15.4 Å². The van der Waals surface area contributed by atoms with Crippen molar-refractivity contribution in [2.75, 3.05) is 20.2 Å². The summed E-state index contributed by atoms with van der Waals surface area (Å²) < 4.78 is 31.7. The van der Waals surface area contributed by atoms with Gasteiger partial charge in [-0.1, -0.05) is 24.3 Å². The lowest BCUT2D eigenvalue weighted by atomic mass is 10.1. The van der Waals surface area contributed by atoms with Gasteiger partial charge in [-0.3, -0.25) is 0 Å². The van der Waals surface area contributed by atoms with Crippen LogP contribution in [0.5, 0.6) is 5.75 Å². The third-order valence-electron chi connectivity index (χ3n) is 4.24. The zero-order valence-corrected chi connectivity index (χ0v) is 21.0. The summed E-state index contributed by atoms with van der Waals surface area (Å²) in [7, 11) is -2.03. The molecule has 0 radical (unpaired) electrons. The van der Waals surface area contributed by atoms with Crippen LogP contribution in [0.2, 0.25) is 0 Å². The number of nitrogens with one attached hydrogen (secondary N) is 3. The molecule has 0 aliphatic heterocycles. The van der Waals surface area contributed by atoms with Gasteiger partial charge in [-0.05, 0) is 57.1 Å². The first-order valence-corrected chi connectivity index (χ1v) is 11.1. The van der Waals surface area contributed by atoms with Crippen LogP contribution in [0.3, 0.4) is 0 Å². The minimum atomic E-state index is -3.43. The fourth-order valence-electron chi connectivity index (χ4n) is 2.68. The Bertz CT molecular complexity index is 932. The Hall–Kier alpha value is -1.85. The molecule has 2 aromatic carbocycles. The molecule has 0 amide bonds. The maximum absolute atomic E-state index is 11.8. The van der Waals surface area contributed by atoms with Gasteiger partial charge in [-0.2, -0.15) is 0 Å². The molecule has 7 nitrogen and oxygen atoms in total. The minimum absolute atomic E-state index is 0. The normalized spacial score (nSPS) is 11.5. The van der Waals surface area contributed by atoms with Crippen molar-refractivity contribution in [2.24, 2.45) is 4.99 Å². The van der Waals surface area contributed by atoms with Gasteiger partial charge >= 0.3 is 0 Å². The third-order valence-corrected chi connectivity index (χ3v) is 5.67. The van der Waals surface area contributed by atoms with E-state index in [-0.39, 0.29) is 28.9 Å². The molecule has 0 saturated carbocycles. The SMILES string of the molecule is CCNC(=NCc1ccc(S(=O)(=O)NC)cc1)NCc1ccc(C)cc1OCC.I. The summed E-state index contributed by atoms with van der Waals surface area (Å²) >= 11 is 0. The van der Waals surface area contributed by atoms with E-state index in [0.717, 1.165) is 29.0 Å². The molecule has 0 heterocycles. The largest absolute Gasteiger partial charge is 0.494 e. The van der Waals surface area contributed by atoms with Crippen molar-refractivity contribution >= 4 is 40.0 Å². The number of nitrogens with zero attached hydrogens (tertiary/aromatic N) is 1. The molecule has 0 unspecified atom stereocenters. The molecule has 0 aromatic heterocycles. The van der Waals surface area contributed by atoms with Crippen molar-refractivity contribution in [3.05, 3.63) is 59.2 Å². The first kappa shape index (κ1) is 26.2. The molecule has 0 saturated heterocycles. The molecular formula is C21H31IN4O3S. The Kier molecular flexibility index (Phi) is 11.1. The fourth-order valence-corrected chi connectivity index (χ4v) is 3.41. The van der Waals surface area contributed by atoms with Gasteiger partial charge in [0.05, 0.1) is 18.0 Å². The van der Waals surface area contributed by atoms with Crippen LogP contribution in [0, 0.1) is 6.92 Å². The predicted molar refractivity (Wildman–Crippen MR) is 132 cm³/mol. The molecular weight excluding hydrogens is 515 g/mol. The van der Waals surface area contributed by atoms with Crippen LogP contribution in [0.1, 0.15) is 30.5 Å². The third kappa shape index (κ3) is 7.77. The van der Waals surface area contributed by atoms with E-state index >= 15 is 0 Å². The topological polar surface area (TPSA) is 91.8 Å². The summed E-state index contributed by atoms with van der Waals surface area (Å²) in [5.41, 5.74) is 3.13. The molecule has 9 heteroatoms. The van der Waals surface area contributed by atoms with Crippen LogP contribution < -0.4 is 20.1 Å². The number of ether oxygens (including phenoxy) is 1. The van der Waals surface area contributed by atoms with E-state index in [1.54, 1.807) is 24.3 Å². The molecule has 0 atom stereocenters. The number of rotatable bonds is 9. The Morgan fingerprint density at radius 2 is 1.77 bits per heavy atom. The number of aliphatic imine (C=N–C) groups is 1. The monoisotopic (exact) mass is 546 g/mol. The highest BCUT2D eigenvalue weighted by molar-refractivity contribution is 14.0. The second-order valence-corrected chi connectivity index (χ2v) is 8.33. The zero-order valence-electron chi connectivity index (χ0n) is 17.9. The second-order valence-electron chi connectivity index (χ2n) is 6.44. The first-order valence-electron chi connectivity index (χ1n) is 9.66. The summed E-state index contributed by atoms with van der Waals surface area (Å²) in [5, 5.41) is 6.55. The first-order chi connectivity index (χ1) is 13.9. The molecule has 0 bridgehead atoms. The Morgan fingerprint density at radius 1 is 1.07 bits per heavy atom. The van der Waals surface area contributed by atoms with E-state index in [2.05, 4.69) is 32.5 Å². The maximum atomic E-state index is 11.8. The molecule has 0 aliphatic carbocycles. The second kappa shape index (κ2) is 12.8. The minimum Gasteiger partial charge on any atom is -0.494 e. The molecule has 30 heavy (non-hydrogen) atoms. The lowest BCUT2D eigenvalue weighted by molar-refractivity contribution is 0.336. The fraction of sp³-hybridized carbons (Fsp3) is 0.381. The van der Waals surface area contributed by atoms with Gasteiger partial charge in [0.15, 0.2) is 5.96 Å². The van der Waals surface area contributed by atoms with Crippen LogP contribution >= 0.6 is 24.0 Å². The molecule has 166 valence electrons. The highest BCUT2D eigenvalue weighted by Crippen LogP contribution is 2.20. The van der Waals surface area contributed by atoms with Gasteiger partial charge < -0.3 is 15.4 Å². The van der Waals surface area contributed by atoms with E-state index in [9.17, 15) is 8.42 Å². The zero-order chi connectivity index (χ0) is 21.3. The van der Waals surface area contributed by atoms with Crippen molar-refractivity contribution < 1.29 is 13.2 Å². The number of guanidine groups is 1. The van der Waals surface area contributed by atoms with E-state index < -0.39 is 10.0 Å². The Labute approximate surface area is 196 Å². The van der Waals surface area contributed by atoms with Gasteiger partial charge in [0, 0.05) is 18.7 Å². The van der Waals surface area contributed by atoms with Crippen LogP contribution in [-0.4, -0.2) is 34.6 Å². The highest BCUT2D eigenvalue weighted by Gasteiger charge is 2.10. The summed E-state index contributed by atoms with van der Waals surface area (Å²) in [5.74, 6) is 1.56. The van der Waals surface area contributed by atoms with Crippen LogP contribution in [0.4, 0.5) is 0 Å². The lowest BCUT2D eigenvalue weighted by Gasteiger charge is -2.15. The maximum Gasteiger partial charge on any atom is 0.240 e. The van der Waals surface area contributed by atoms with E-state index in [0.29, 0.717) is 25.7 Å². The van der Waals surface area contributed by atoms with Crippen molar-refractivity contribution in [1.29, 1.82) is 0 Å². The molecule has 0 fully saturated rings. The number of benzene rings is 2. The summed E-state index contributed by atoms with van der Waals surface area (Å²) in [6.07, 6.45) is 0. The quantitative estimate of drug-likeness (QED) is 0.256. The standard InChI is InChI=1S/C21H30N4O3S.HI/c1-5-23-21(25-15-18-10-7-16(3)13-20(18)28-6-2)24-14-17-8-11-19(12-9-17)29(26,27)22-4;/h7-13,22H,5-6,14-15H2,1-4H3,(H2,23,24,25);1H. The molecule has 3 N–H and O–H groups in total. The van der Waals surface area contributed by atoms with Gasteiger partial charge in [0.1, 0.15) is 5.75 Å². The average Bonchev–Trinajstić information content (AvgIpc) is 2.71. The van der Waals surface area contributed by atoms with Crippen LogP contribution in [0.25, 0.3) is 0 Å². The van der Waals surface area contributed by atoms with Crippen molar-refractivity contribution in [3.8, 4) is 5.75 Å². The molecule has 2 aromatic rings. The number of sulfonamides is 1. The lowest BCUT2D eigenvalue weighted by Crippen LogP contribution is -2.36. The van der Waals surface area contributed by atoms with E-state index in [4.69, 9.17) is 4.74 Å². The Balaban J connectivity index is 0.00000450. The highest BCUT2D eigenvalue weighted by atomic mass is 127. The molecule has 0 aliphatic rings. The summed E-state index contributed by atoms with van der Waals surface area (Å²) in [6.45, 7) is 8.38. The van der Waals surface area contributed by atoms with Crippen LogP contribution in [-0.2, 0) is 23.1 Å². The number of hydrogen-bond acceptors (Lipinski definition) is 4.